The quantitative estimate of drug-likeness (QED) is 0.778. The Hall–Kier alpha value is -2.54. The van der Waals surface area contributed by atoms with E-state index in [9.17, 15) is 9.59 Å². The van der Waals surface area contributed by atoms with Crippen LogP contribution in [0.4, 0.5) is 0 Å². The number of pyridine rings is 1. The Morgan fingerprint density at radius 2 is 2.16 bits per heavy atom. The number of carboxylic acid groups (broad SMARTS) is 1. The molecule has 1 aliphatic rings. The molecule has 0 saturated carbocycles. The van der Waals surface area contributed by atoms with E-state index in [1.54, 1.807) is 29.8 Å². The second-order valence-corrected chi connectivity index (χ2v) is 7.25. The van der Waals surface area contributed by atoms with Gasteiger partial charge in [0.2, 0.25) is 0 Å². The fourth-order valence-electron chi connectivity index (χ4n) is 3.37. The van der Waals surface area contributed by atoms with Gasteiger partial charge in [-0.3, -0.25) is 19.1 Å². The smallest absolute Gasteiger partial charge is 0.305 e. The van der Waals surface area contributed by atoms with Crippen LogP contribution < -0.4 is 5.56 Å². The maximum absolute atomic E-state index is 13.2. The lowest BCUT2D eigenvalue weighted by atomic mass is 9.97. The zero-order valence-corrected chi connectivity index (χ0v) is 14.4. The van der Waals surface area contributed by atoms with Crippen LogP contribution in [0.2, 0.25) is 0 Å². The van der Waals surface area contributed by atoms with Crippen LogP contribution in [-0.4, -0.2) is 25.6 Å². The number of aryl methyl sites for hydroxylation is 2. The Morgan fingerprint density at radius 3 is 2.92 bits per heavy atom. The third kappa shape index (κ3) is 2.84. The largest absolute Gasteiger partial charge is 0.481 e. The second-order valence-electron chi connectivity index (χ2n) is 6.17. The second kappa shape index (κ2) is 6.40. The molecule has 1 aliphatic carbocycles. The first-order valence-corrected chi connectivity index (χ1v) is 9.14. The van der Waals surface area contributed by atoms with Crippen molar-refractivity contribution in [3.8, 4) is 11.4 Å². The molecule has 3 aromatic rings. The van der Waals surface area contributed by atoms with Crippen LogP contribution in [0.25, 0.3) is 21.6 Å². The van der Waals surface area contributed by atoms with Crippen LogP contribution in [0, 0.1) is 0 Å². The van der Waals surface area contributed by atoms with E-state index in [2.05, 4.69) is 4.98 Å². The van der Waals surface area contributed by atoms with Crippen LogP contribution in [0.3, 0.4) is 0 Å². The highest BCUT2D eigenvalue weighted by molar-refractivity contribution is 7.18. The predicted octanol–water partition coefficient (Wildman–Crippen LogP) is 2.87. The van der Waals surface area contributed by atoms with Gasteiger partial charge in [0.25, 0.3) is 5.56 Å². The first kappa shape index (κ1) is 16.0. The predicted molar refractivity (Wildman–Crippen MR) is 96.0 cm³/mol. The molecule has 25 heavy (non-hydrogen) atoms. The van der Waals surface area contributed by atoms with Crippen LogP contribution in [0.1, 0.15) is 29.7 Å². The molecule has 0 atom stereocenters. The molecule has 6 nitrogen and oxygen atoms in total. The van der Waals surface area contributed by atoms with Crippen molar-refractivity contribution in [2.45, 2.75) is 38.6 Å². The van der Waals surface area contributed by atoms with E-state index in [4.69, 9.17) is 10.1 Å². The van der Waals surface area contributed by atoms with Crippen molar-refractivity contribution in [3.63, 3.8) is 0 Å². The van der Waals surface area contributed by atoms with E-state index in [1.165, 1.54) is 9.44 Å². The summed E-state index contributed by atoms with van der Waals surface area (Å²) in [6.07, 6.45) is 7.31. The summed E-state index contributed by atoms with van der Waals surface area (Å²) in [4.78, 5) is 35.1. The molecule has 0 unspecified atom stereocenters. The average Bonchev–Trinajstić information content (AvgIpc) is 3.00. The van der Waals surface area contributed by atoms with Gasteiger partial charge in [0.05, 0.1) is 11.8 Å². The standard InChI is InChI=1S/C18H17N3O3S/c22-14(23)7-9-21-16(11-4-3-8-19-10-11)20-17-15(18(21)24)12-5-1-2-6-13(12)25-17/h3-4,8,10H,1-2,5-7,9H2,(H,22,23). The van der Waals surface area contributed by atoms with Gasteiger partial charge in [0.1, 0.15) is 10.7 Å². The fourth-order valence-corrected chi connectivity index (χ4v) is 4.62. The third-order valence-corrected chi connectivity index (χ3v) is 5.73. The Balaban J connectivity index is 1.97. The van der Waals surface area contributed by atoms with Gasteiger partial charge in [0.15, 0.2) is 0 Å². The third-order valence-electron chi connectivity index (χ3n) is 4.54. The summed E-state index contributed by atoms with van der Waals surface area (Å²) in [5, 5.41) is 9.72. The number of hydrogen-bond donors (Lipinski definition) is 1. The van der Waals surface area contributed by atoms with E-state index in [1.807, 2.05) is 6.07 Å². The van der Waals surface area contributed by atoms with Crippen LogP contribution in [0.15, 0.2) is 29.3 Å². The highest BCUT2D eigenvalue weighted by atomic mass is 32.1. The van der Waals surface area contributed by atoms with Gasteiger partial charge in [0, 0.05) is 29.4 Å². The monoisotopic (exact) mass is 355 g/mol. The van der Waals surface area contributed by atoms with Gasteiger partial charge in [-0.2, -0.15) is 0 Å². The van der Waals surface area contributed by atoms with E-state index >= 15 is 0 Å². The molecule has 0 fully saturated rings. The highest BCUT2D eigenvalue weighted by Crippen LogP contribution is 2.34. The molecule has 0 bridgehead atoms. The summed E-state index contributed by atoms with van der Waals surface area (Å²) < 4.78 is 1.50. The first-order chi connectivity index (χ1) is 12.1. The Labute approximate surface area is 147 Å². The summed E-state index contributed by atoms with van der Waals surface area (Å²) in [7, 11) is 0. The van der Waals surface area contributed by atoms with Gasteiger partial charge in [-0.25, -0.2) is 4.98 Å². The van der Waals surface area contributed by atoms with Crippen molar-refractivity contribution >= 4 is 27.5 Å². The lowest BCUT2D eigenvalue weighted by Gasteiger charge is -2.13. The lowest BCUT2D eigenvalue weighted by Crippen LogP contribution is -2.25. The molecule has 128 valence electrons. The van der Waals surface area contributed by atoms with Crippen LogP contribution in [0.5, 0.6) is 0 Å². The van der Waals surface area contributed by atoms with Crippen molar-refractivity contribution in [3.05, 3.63) is 45.3 Å². The summed E-state index contributed by atoms with van der Waals surface area (Å²) in [5.41, 5.74) is 1.70. The first-order valence-electron chi connectivity index (χ1n) is 8.32. The summed E-state index contributed by atoms with van der Waals surface area (Å²) >= 11 is 1.59. The molecular formula is C18H17N3O3S. The van der Waals surface area contributed by atoms with Crippen molar-refractivity contribution in [2.24, 2.45) is 0 Å². The molecule has 0 amide bonds. The Morgan fingerprint density at radius 1 is 1.32 bits per heavy atom. The number of rotatable bonds is 4. The molecule has 3 aromatic heterocycles. The number of aliphatic carboxylic acids is 1. The molecule has 0 saturated heterocycles. The Bertz CT molecular complexity index is 1010. The Kier molecular flexibility index (Phi) is 4.09. The molecule has 0 radical (unpaired) electrons. The van der Waals surface area contributed by atoms with Crippen molar-refractivity contribution in [1.82, 2.24) is 14.5 Å². The normalized spacial score (nSPS) is 13.8. The average molecular weight is 355 g/mol. The van der Waals surface area contributed by atoms with Crippen molar-refractivity contribution < 1.29 is 9.90 Å². The summed E-state index contributed by atoms with van der Waals surface area (Å²) in [5.74, 6) is -0.443. The van der Waals surface area contributed by atoms with Gasteiger partial charge in [-0.05, 0) is 43.4 Å². The number of thiophene rings is 1. The lowest BCUT2D eigenvalue weighted by molar-refractivity contribution is -0.137. The number of aromatic nitrogens is 3. The van der Waals surface area contributed by atoms with E-state index in [-0.39, 0.29) is 18.5 Å². The maximum atomic E-state index is 13.2. The molecule has 4 rings (SSSR count). The van der Waals surface area contributed by atoms with Gasteiger partial charge in [-0.15, -0.1) is 11.3 Å². The molecule has 0 spiro atoms. The van der Waals surface area contributed by atoms with Crippen LogP contribution in [-0.2, 0) is 24.2 Å². The minimum absolute atomic E-state index is 0.103. The number of carboxylic acids is 1. The number of carbonyl (C=O) groups is 1. The summed E-state index contributed by atoms with van der Waals surface area (Å²) in [6.45, 7) is 0.103. The number of fused-ring (bicyclic) bond motifs is 3. The fraction of sp³-hybridized carbons (Fsp3) is 0.333. The minimum atomic E-state index is -0.934. The number of hydrogen-bond acceptors (Lipinski definition) is 5. The zero-order chi connectivity index (χ0) is 17.4. The number of nitrogens with zero attached hydrogens (tertiary/aromatic N) is 3. The maximum Gasteiger partial charge on any atom is 0.305 e. The van der Waals surface area contributed by atoms with Gasteiger partial charge < -0.3 is 5.11 Å². The van der Waals surface area contributed by atoms with E-state index in [0.717, 1.165) is 41.6 Å². The molecule has 3 heterocycles. The van der Waals surface area contributed by atoms with Gasteiger partial charge in [-0.1, -0.05) is 0 Å². The van der Waals surface area contributed by atoms with E-state index in [0.29, 0.717) is 11.2 Å². The zero-order valence-electron chi connectivity index (χ0n) is 13.6. The molecule has 1 N–H and O–H groups in total. The van der Waals surface area contributed by atoms with E-state index < -0.39 is 5.97 Å². The molecule has 0 aromatic carbocycles. The van der Waals surface area contributed by atoms with Gasteiger partial charge >= 0.3 is 5.97 Å². The van der Waals surface area contributed by atoms with Crippen molar-refractivity contribution in [1.29, 1.82) is 0 Å². The van der Waals surface area contributed by atoms with Crippen molar-refractivity contribution in [2.75, 3.05) is 0 Å². The SMILES string of the molecule is O=C(O)CCn1c(-c2cccnc2)nc2sc3c(c2c1=O)CCCC3. The minimum Gasteiger partial charge on any atom is -0.481 e. The molecule has 0 aliphatic heterocycles. The molecule has 7 heteroatoms. The van der Waals surface area contributed by atoms with Crippen LogP contribution >= 0.6 is 11.3 Å². The highest BCUT2D eigenvalue weighted by Gasteiger charge is 2.22. The topological polar surface area (TPSA) is 85.1 Å². The molecular weight excluding hydrogens is 338 g/mol. The summed E-state index contributed by atoms with van der Waals surface area (Å²) in [6, 6.07) is 3.62.